The Balaban J connectivity index is 1.68. The van der Waals surface area contributed by atoms with Crippen molar-refractivity contribution in [3.63, 3.8) is 0 Å². The van der Waals surface area contributed by atoms with Crippen molar-refractivity contribution >= 4 is 45.0 Å². The lowest BCUT2D eigenvalue weighted by Crippen LogP contribution is -2.29. The van der Waals surface area contributed by atoms with Crippen molar-refractivity contribution in [3.8, 4) is 5.69 Å². The quantitative estimate of drug-likeness (QED) is 0.273. The van der Waals surface area contributed by atoms with Gasteiger partial charge in [-0.1, -0.05) is 83.0 Å². The van der Waals surface area contributed by atoms with Crippen molar-refractivity contribution in [3.05, 3.63) is 99.8 Å². The average Bonchev–Trinajstić information content (AvgIpc) is 3.24. The Labute approximate surface area is 213 Å². The number of nitrogens with one attached hydrogen (secondary N) is 1. The molecule has 176 valence electrons. The second-order valence-corrected chi connectivity index (χ2v) is 11.2. The van der Waals surface area contributed by atoms with E-state index in [2.05, 4.69) is 14.9 Å². The Morgan fingerprint density at radius 3 is 2.41 bits per heavy atom. The smallest absolute Gasteiger partial charge is 0.242 e. The van der Waals surface area contributed by atoms with Gasteiger partial charge in [0, 0.05) is 16.5 Å². The summed E-state index contributed by atoms with van der Waals surface area (Å²) >= 11 is 13.7. The maximum absolute atomic E-state index is 13.1. The van der Waals surface area contributed by atoms with Gasteiger partial charge in [-0.3, -0.25) is 4.57 Å². The lowest BCUT2D eigenvalue weighted by Gasteiger charge is -2.17. The maximum Gasteiger partial charge on any atom is 0.242 e. The molecule has 0 spiro atoms. The van der Waals surface area contributed by atoms with E-state index in [0.29, 0.717) is 16.7 Å². The standard InChI is InChI=1S/C24H22Cl2N4O2S2/c1-16-8-11-20(12-9-16)30-23(27-28-24(30)33-15-18-6-4-3-5-7-18)17(2)29-34(31,32)22-14-19(25)10-13-21(22)26/h3-14,17,29H,15H2,1-2H3. The molecule has 0 fully saturated rings. The van der Waals surface area contributed by atoms with Crippen LogP contribution < -0.4 is 4.72 Å². The van der Waals surface area contributed by atoms with Crippen LogP contribution in [-0.4, -0.2) is 23.2 Å². The molecule has 0 radical (unpaired) electrons. The molecule has 1 unspecified atom stereocenters. The summed E-state index contributed by atoms with van der Waals surface area (Å²) in [7, 11) is -3.97. The van der Waals surface area contributed by atoms with Gasteiger partial charge in [0.1, 0.15) is 4.90 Å². The number of nitrogens with zero attached hydrogens (tertiary/aromatic N) is 3. The number of sulfonamides is 1. The van der Waals surface area contributed by atoms with E-state index >= 15 is 0 Å². The predicted molar refractivity (Wildman–Crippen MR) is 137 cm³/mol. The van der Waals surface area contributed by atoms with Crippen LogP contribution >= 0.6 is 35.0 Å². The van der Waals surface area contributed by atoms with E-state index in [1.165, 1.54) is 30.0 Å². The Morgan fingerprint density at radius 2 is 1.71 bits per heavy atom. The van der Waals surface area contributed by atoms with Gasteiger partial charge in [-0.2, -0.15) is 0 Å². The van der Waals surface area contributed by atoms with Gasteiger partial charge in [0.05, 0.1) is 11.1 Å². The number of benzene rings is 3. The number of halogens is 2. The van der Waals surface area contributed by atoms with Crippen molar-refractivity contribution in [2.75, 3.05) is 0 Å². The van der Waals surface area contributed by atoms with Gasteiger partial charge in [0.25, 0.3) is 0 Å². The molecular weight excluding hydrogens is 511 g/mol. The Hall–Kier alpha value is -2.36. The van der Waals surface area contributed by atoms with Crippen LogP contribution in [0.4, 0.5) is 0 Å². The molecule has 1 atom stereocenters. The molecule has 0 aliphatic carbocycles. The molecule has 0 aliphatic heterocycles. The molecule has 1 aromatic heterocycles. The van der Waals surface area contributed by atoms with E-state index in [0.717, 1.165) is 16.8 Å². The van der Waals surface area contributed by atoms with Gasteiger partial charge >= 0.3 is 0 Å². The molecule has 4 rings (SSSR count). The van der Waals surface area contributed by atoms with Gasteiger partial charge < -0.3 is 0 Å². The van der Waals surface area contributed by atoms with E-state index in [4.69, 9.17) is 23.2 Å². The highest BCUT2D eigenvalue weighted by Gasteiger charge is 2.26. The first kappa shape index (κ1) is 24.8. The van der Waals surface area contributed by atoms with Crippen molar-refractivity contribution in [2.24, 2.45) is 0 Å². The molecule has 4 aromatic rings. The molecule has 1 N–H and O–H groups in total. The zero-order chi connectivity index (χ0) is 24.3. The average molecular weight is 534 g/mol. The maximum atomic E-state index is 13.1. The summed E-state index contributed by atoms with van der Waals surface area (Å²) in [4.78, 5) is -0.0893. The molecule has 10 heteroatoms. The summed E-state index contributed by atoms with van der Waals surface area (Å²) < 4.78 is 30.7. The number of hydrogen-bond acceptors (Lipinski definition) is 5. The summed E-state index contributed by atoms with van der Waals surface area (Å²) in [5, 5.41) is 9.76. The summed E-state index contributed by atoms with van der Waals surface area (Å²) in [6.45, 7) is 3.73. The first-order chi connectivity index (χ1) is 16.2. The van der Waals surface area contributed by atoms with E-state index in [1.807, 2.05) is 66.1 Å². The molecule has 0 saturated heterocycles. The third kappa shape index (κ3) is 5.64. The minimum Gasteiger partial charge on any atom is -0.273 e. The van der Waals surface area contributed by atoms with Gasteiger partial charge in [0.2, 0.25) is 10.0 Å². The van der Waals surface area contributed by atoms with Crippen LogP contribution in [0, 0.1) is 6.92 Å². The number of aryl methyl sites for hydroxylation is 1. The molecule has 0 amide bonds. The molecule has 1 heterocycles. The minimum atomic E-state index is -3.97. The molecule has 34 heavy (non-hydrogen) atoms. The van der Waals surface area contributed by atoms with Gasteiger partial charge in [-0.05, 0) is 49.7 Å². The van der Waals surface area contributed by atoms with Crippen molar-refractivity contribution in [1.82, 2.24) is 19.5 Å². The molecule has 0 saturated carbocycles. The van der Waals surface area contributed by atoms with Crippen LogP contribution in [0.5, 0.6) is 0 Å². The van der Waals surface area contributed by atoms with Crippen molar-refractivity contribution < 1.29 is 8.42 Å². The first-order valence-electron chi connectivity index (χ1n) is 10.4. The highest BCUT2D eigenvalue weighted by Crippen LogP contribution is 2.30. The molecule has 3 aromatic carbocycles. The fraction of sp³-hybridized carbons (Fsp3) is 0.167. The third-order valence-corrected chi connectivity index (χ3v) is 8.32. The lowest BCUT2D eigenvalue weighted by molar-refractivity contribution is 0.556. The van der Waals surface area contributed by atoms with Crippen LogP contribution in [0.15, 0.2) is 82.8 Å². The van der Waals surface area contributed by atoms with Gasteiger partial charge in [0.15, 0.2) is 11.0 Å². The summed E-state index contributed by atoms with van der Waals surface area (Å²) in [6.07, 6.45) is 0. The van der Waals surface area contributed by atoms with Crippen LogP contribution in [0.3, 0.4) is 0 Å². The van der Waals surface area contributed by atoms with Crippen molar-refractivity contribution in [1.29, 1.82) is 0 Å². The summed E-state index contributed by atoms with van der Waals surface area (Å²) in [5.41, 5.74) is 3.10. The molecule has 0 aliphatic rings. The van der Waals surface area contributed by atoms with Crippen LogP contribution in [0.2, 0.25) is 10.0 Å². The third-order valence-electron chi connectivity index (χ3n) is 5.06. The predicted octanol–water partition coefficient (Wildman–Crippen LogP) is 6.21. The van der Waals surface area contributed by atoms with E-state index < -0.39 is 16.1 Å². The van der Waals surface area contributed by atoms with Crippen LogP contribution in [0.25, 0.3) is 5.69 Å². The topological polar surface area (TPSA) is 76.9 Å². The Bertz CT molecular complexity index is 1390. The number of hydrogen-bond donors (Lipinski definition) is 1. The molecule has 0 bridgehead atoms. The van der Waals surface area contributed by atoms with Gasteiger partial charge in [-0.15, -0.1) is 10.2 Å². The second kappa shape index (κ2) is 10.5. The number of thioether (sulfide) groups is 1. The SMILES string of the molecule is Cc1ccc(-n2c(SCc3ccccc3)nnc2C(C)NS(=O)(=O)c2cc(Cl)ccc2Cl)cc1. The van der Waals surface area contributed by atoms with Crippen LogP contribution in [-0.2, 0) is 15.8 Å². The monoisotopic (exact) mass is 532 g/mol. The zero-order valence-electron chi connectivity index (χ0n) is 18.4. The summed E-state index contributed by atoms with van der Waals surface area (Å²) in [6, 6.07) is 21.6. The first-order valence-corrected chi connectivity index (χ1v) is 13.6. The summed E-state index contributed by atoms with van der Waals surface area (Å²) in [5.74, 6) is 1.16. The van der Waals surface area contributed by atoms with Crippen LogP contribution in [0.1, 0.15) is 29.9 Å². The molecule has 6 nitrogen and oxygen atoms in total. The largest absolute Gasteiger partial charge is 0.273 e. The highest BCUT2D eigenvalue weighted by molar-refractivity contribution is 7.98. The zero-order valence-corrected chi connectivity index (χ0v) is 21.6. The fourth-order valence-electron chi connectivity index (χ4n) is 3.35. The highest BCUT2D eigenvalue weighted by atomic mass is 35.5. The number of aromatic nitrogens is 3. The van der Waals surface area contributed by atoms with Gasteiger partial charge in [-0.25, -0.2) is 13.1 Å². The Kier molecular flexibility index (Phi) is 7.64. The lowest BCUT2D eigenvalue weighted by atomic mass is 10.2. The van der Waals surface area contributed by atoms with E-state index in [9.17, 15) is 8.42 Å². The van der Waals surface area contributed by atoms with E-state index in [1.54, 1.807) is 6.92 Å². The van der Waals surface area contributed by atoms with Crippen molar-refractivity contribution in [2.45, 2.75) is 35.7 Å². The minimum absolute atomic E-state index is 0.0863. The number of rotatable bonds is 8. The molecular formula is C24H22Cl2N4O2S2. The Morgan fingerprint density at radius 1 is 1.00 bits per heavy atom. The second-order valence-electron chi connectivity index (χ2n) is 7.70. The normalized spacial score (nSPS) is 12.6. The fourth-order valence-corrected chi connectivity index (χ4v) is 6.22. The van der Waals surface area contributed by atoms with E-state index in [-0.39, 0.29) is 14.9 Å².